The van der Waals surface area contributed by atoms with Crippen molar-refractivity contribution in [3.63, 3.8) is 0 Å². The minimum Gasteiger partial charge on any atom is -0.370 e. The van der Waals surface area contributed by atoms with E-state index in [1.807, 2.05) is 31.7 Å². The van der Waals surface area contributed by atoms with Crippen molar-refractivity contribution in [2.75, 3.05) is 42.5 Å². The molecular weight excluding hydrogens is 464 g/mol. The summed E-state index contributed by atoms with van der Waals surface area (Å²) >= 11 is 0. The van der Waals surface area contributed by atoms with Gasteiger partial charge >= 0.3 is 0 Å². The summed E-state index contributed by atoms with van der Waals surface area (Å²) in [6.07, 6.45) is 16.2. The molecule has 2 atom stereocenters. The Kier molecular flexibility index (Phi) is 6.95. The number of rotatable bonds is 8. The van der Waals surface area contributed by atoms with Gasteiger partial charge in [-0.2, -0.15) is 0 Å². The Morgan fingerprint density at radius 2 is 1.84 bits per heavy atom. The van der Waals surface area contributed by atoms with Gasteiger partial charge in [-0.15, -0.1) is 5.10 Å². The first-order valence-corrected chi connectivity index (χ1v) is 14.0. The Hall–Kier alpha value is -3.20. The molecule has 9 heteroatoms. The zero-order valence-electron chi connectivity index (χ0n) is 21.8. The van der Waals surface area contributed by atoms with E-state index in [1.54, 1.807) is 15.3 Å². The van der Waals surface area contributed by atoms with Gasteiger partial charge in [-0.25, -0.2) is 4.68 Å². The maximum Gasteiger partial charge on any atom is 0.254 e. The lowest BCUT2D eigenvalue weighted by Gasteiger charge is -2.36. The molecular formula is C28H38N8O. The standard InChI is InChI=1S/C28H38N8O/c1-21(36-20-27(31-32-36)23-14-26(18-29-17-23)33-10-2-3-11-33)35-13-9-25(15-28(35)37)34-12-5-8-24(19-34)30-16-22-6-4-7-22/h9,13-15,17-18,20-22,24,30H,2-8,10-12,16,19H2,1H3/t21?,24-/m1/s1. The van der Waals surface area contributed by atoms with Gasteiger partial charge in [0.05, 0.1) is 18.1 Å². The van der Waals surface area contributed by atoms with Crippen LogP contribution in [-0.4, -0.2) is 63.3 Å². The second kappa shape index (κ2) is 10.7. The van der Waals surface area contributed by atoms with Crippen LogP contribution in [0.3, 0.4) is 0 Å². The number of aromatic nitrogens is 5. The van der Waals surface area contributed by atoms with Crippen molar-refractivity contribution in [1.82, 2.24) is 29.9 Å². The van der Waals surface area contributed by atoms with Crippen molar-refractivity contribution < 1.29 is 0 Å². The maximum atomic E-state index is 13.2. The van der Waals surface area contributed by atoms with Crippen LogP contribution in [0.1, 0.15) is 58.0 Å². The van der Waals surface area contributed by atoms with E-state index < -0.39 is 0 Å². The molecule has 1 unspecified atom stereocenters. The molecule has 5 heterocycles. The molecule has 37 heavy (non-hydrogen) atoms. The van der Waals surface area contributed by atoms with Gasteiger partial charge in [0, 0.05) is 61.9 Å². The number of hydrogen-bond acceptors (Lipinski definition) is 7. The molecule has 3 aromatic heterocycles. The average Bonchev–Trinajstić information content (AvgIpc) is 3.61. The lowest BCUT2D eigenvalue weighted by Crippen LogP contribution is -2.47. The van der Waals surface area contributed by atoms with Gasteiger partial charge in [-0.05, 0) is 70.0 Å². The molecule has 1 aliphatic carbocycles. The third kappa shape index (κ3) is 5.28. The predicted molar refractivity (Wildman–Crippen MR) is 146 cm³/mol. The minimum absolute atomic E-state index is 0.0238. The van der Waals surface area contributed by atoms with Crippen LogP contribution in [-0.2, 0) is 0 Å². The maximum absolute atomic E-state index is 13.2. The molecule has 0 aromatic carbocycles. The van der Waals surface area contributed by atoms with Gasteiger partial charge in [-0.3, -0.25) is 14.3 Å². The summed E-state index contributed by atoms with van der Waals surface area (Å²) in [6.45, 7) is 7.21. The molecule has 0 radical (unpaired) electrons. The zero-order chi connectivity index (χ0) is 25.2. The van der Waals surface area contributed by atoms with Crippen molar-refractivity contribution in [3.8, 4) is 11.3 Å². The van der Waals surface area contributed by atoms with E-state index in [1.165, 1.54) is 38.5 Å². The van der Waals surface area contributed by atoms with Gasteiger partial charge in [0.15, 0.2) is 0 Å². The molecule has 3 aromatic rings. The van der Waals surface area contributed by atoms with E-state index in [0.29, 0.717) is 6.04 Å². The second-order valence-electron chi connectivity index (χ2n) is 11.0. The highest BCUT2D eigenvalue weighted by Crippen LogP contribution is 2.27. The Morgan fingerprint density at radius 1 is 1.00 bits per heavy atom. The Balaban J connectivity index is 1.13. The fourth-order valence-corrected chi connectivity index (χ4v) is 5.83. The first kappa shape index (κ1) is 24.2. The summed E-state index contributed by atoms with van der Waals surface area (Å²) in [7, 11) is 0. The number of anilines is 2. The van der Waals surface area contributed by atoms with Crippen LogP contribution >= 0.6 is 0 Å². The van der Waals surface area contributed by atoms with Crippen LogP contribution in [0.15, 0.2) is 47.8 Å². The molecule has 1 saturated carbocycles. The Bertz CT molecular complexity index is 1260. The molecule has 2 saturated heterocycles. The third-order valence-corrected chi connectivity index (χ3v) is 8.42. The number of nitrogens with one attached hydrogen (secondary N) is 1. The van der Waals surface area contributed by atoms with E-state index in [9.17, 15) is 4.79 Å². The molecule has 2 aliphatic heterocycles. The largest absolute Gasteiger partial charge is 0.370 e. The van der Waals surface area contributed by atoms with Crippen molar-refractivity contribution in [3.05, 3.63) is 53.3 Å². The molecule has 3 fully saturated rings. The first-order valence-electron chi connectivity index (χ1n) is 14.0. The number of nitrogens with zero attached hydrogens (tertiary/aromatic N) is 7. The highest BCUT2D eigenvalue weighted by atomic mass is 16.1. The minimum atomic E-state index is -0.282. The molecule has 0 bridgehead atoms. The molecule has 3 aliphatic rings. The summed E-state index contributed by atoms with van der Waals surface area (Å²) in [5.74, 6) is 0.864. The highest BCUT2D eigenvalue weighted by molar-refractivity contribution is 5.63. The van der Waals surface area contributed by atoms with Gasteiger partial charge in [0.2, 0.25) is 0 Å². The second-order valence-corrected chi connectivity index (χ2v) is 11.0. The molecule has 0 amide bonds. The van der Waals surface area contributed by atoms with Crippen LogP contribution in [0.25, 0.3) is 11.3 Å². The normalized spacial score (nSPS) is 21.3. The van der Waals surface area contributed by atoms with E-state index in [4.69, 9.17) is 0 Å². The van der Waals surface area contributed by atoms with E-state index in [2.05, 4.69) is 42.5 Å². The smallest absolute Gasteiger partial charge is 0.254 e. The van der Waals surface area contributed by atoms with Crippen LogP contribution in [0.2, 0.25) is 0 Å². The summed E-state index contributed by atoms with van der Waals surface area (Å²) in [5, 5.41) is 12.5. The summed E-state index contributed by atoms with van der Waals surface area (Å²) in [4.78, 5) is 22.3. The molecule has 6 rings (SSSR count). The molecule has 1 N–H and O–H groups in total. The number of piperidine rings is 1. The quantitative estimate of drug-likeness (QED) is 0.505. The van der Waals surface area contributed by atoms with Gasteiger partial charge < -0.3 is 15.1 Å². The van der Waals surface area contributed by atoms with Gasteiger partial charge in [0.25, 0.3) is 5.56 Å². The van der Waals surface area contributed by atoms with Crippen LogP contribution in [0.4, 0.5) is 11.4 Å². The highest BCUT2D eigenvalue weighted by Gasteiger charge is 2.24. The van der Waals surface area contributed by atoms with Crippen LogP contribution in [0.5, 0.6) is 0 Å². The molecule has 196 valence electrons. The fraction of sp³-hybridized carbons (Fsp3) is 0.571. The molecule has 0 spiro atoms. The first-order chi connectivity index (χ1) is 18.1. The zero-order valence-corrected chi connectivity index (χ0v) is 21.8. The van der Waals surface area contributed by atoms with Gasteiger partial charge in [-0.1, -0.05) is 11.6 Å². The summed E-state index contributed by atoms with van der Waals surface area (Å²) in [5.41, 5.74) is 3.81. The van der Waals surface area contributed by atoms with E-state index in [0.717, 1.165) is 67.7 Å². The molecule has 9 nitrogen and oxygen atoms in total. The number of hydrogen-bond donors (Lipinski definition) is 1. The van der Waals surface area contributed by atoms with Crippen molar-refractivity contribution in [2.24, 2.45) is 5.92 Å². The third-order valence-electron chi connectivity index (χ3n) is 8.42. The predicted octanol–water partition coefficient (Wildman–Crippen LogP) is 3.53. The van der Waals surface area contributed by atoms with Crippen molar-refractivity contribution in [1.29, 1.82) is 0 Å². The topological polar surface area (TPSA) is 84.1 Å². The van der Waals surface area contributed by atoms with E-state index in [-0.39, 0.29) is 11.7 Å². The van der Waals surface area contributed by atoms with Crippen molar-refractivity contribution >= 4 is 11.4 Å². The Morgan fingerprint density at radius 3 is 2.62 bits per heavy atom. The van der Waals surface area contributed by atoms with Crippen LogP contribution < -0.4 is 20.7 Å². The fourth-order valence-electron chi connectivity index (χ4n) is 5.83. The van der Waals surface area contributed by atoms with E-state index >= 15 is 0 Å². The van der Waals surface area contributed by atoms with Crippen molar-refractivity contribution in [2.45, 2.75) is 64.1 Å². The Labute approximate surface area is 218 Å². The monoisotopic (exact) mass is 502 g/mol. The number of pyridine rings is 2. The lowest BCUT2D eigenvalue weighted by molar-refractivity contribution is 0.280. The van der Waals surface area contributed by atoms with Gasteiger partial charge in [0.1, 0.15) is 11.9 Å². The average molecular weight is 503 g/mol. The summed E-state index contributed by atoms with van der Waals surface area (Å²) < 4.78 is 3.47. The summed E-state index contributed by atoms with van der Waals surface area (Å²) in [6, 6.07) is 6.47. The van der Waals surface area contributed by atoms with Crippen LogP contribution in [0, 0.1) is 5.92 Å². The lowest BCUT2D eigenvalue weighted by atomic mass is 9.85. The SMILES string of the molecule is CC(n1cc(-c2cncc(N3CCCC3)c2)nn1)n1ccc(N2CCC[C@@H](NCC3CCC3)C2)cc1=O.